The van der Waals surface area contributed by atoms with Crippen LogP contribution < -0.4 is 31.3 Å². The summed E-state index contributed by atoms with van der Waals surface area (Å²) in [6.45, 7) is 4.25. The number of benzene rings is 4. The number of nitrogens with zero attached hydrogens (tertiary/aromatic N) is 4. The second kappa shape index (κ2) is 12.5. The summed E-state index contributed by atoms with van der Waals surface area (Å²) in [5, 5.41) is 15.2. The van der Waals surface area contributed by atoms with Gasteiger partial charge in [0.25, 0.3) is 0 Å². The molecule has 8 aromatic rings. The molecule has 0 atom stereocenters. The van der Waals surface area contributed by atoms with Crippen LogP contribution in [0.1, 0.15) is 32.6 Å². The summed E-state index contributed by atoms with van der Waals surface area (Å²) in [5.41, 5.74) is 13.6. The van der Waals surface area contributed by atoms with Crippen molar-refractivity contribution in [1.29, 1.82) is 0 Å². The molecule has 4 N–H and O–H groups in total. The minimum Gasteiger partial charge on any atom is -0.496 e. The Labute approximate surface area is 295 Å². The van der Waals surface area contributed by atoms with Crippen LogP contribution in [0.15, 0.2) is 82.4 Å². The lowest BCUT2D eigenvalue weighted by Crippen LogP contribution is -2.13. The SMILES string of the molecule is COc1cc2c(C)c(COc3c(C=O)cccc3-c3cc4c(cc3OC)c(C)cc3n[nH]c(=O)n34)c3n[nH]c(=O)n3c2cc1-c1ccc(CN)cc1. The number of aryl methyl sites for hydroxylation is 2. The van der Waals surface area contributed by atoms with Gasteiger partial charge in [-0.1, -0.05) is 36.4 Å². The molecule has 4 aromatic carbocycles. The van der Waals surface area contributed by atoms with Crippen molar-refractivity contribution in [3.8, 4) is 39.5 Å². The number of H-pyrrole nitrogens is 2. The van der Waals surface area contributed by atoms with Crippen LogP contribution in [0.5, 0.6) is 17.2 Å². The summed E-state index contributed by atoms with van der Waals surface area (Å²) in [6.07, 6.45) is 0.726. The largest absolute Gasteiger partial charge is 0.496 e. The van der Waals surface area contributed by atoms with Gasteiger partial charge in [-0.15, -0.1) is 0 Å². The molecule has 260 valence electrons. The maximum Gasteiger partial charge on any atom is 0.348 e. The standard InChI is InChI=1S/C39H33N7O6/c1-20-12-35-41-43-38(48)45(35)31-14-29(34(51-4)15-26(20)31)25-7-5-6-24(18-47)36(25)52-19-30-21(2)27-16-33(50-3)28(23-10-8-22(17-40)9-11-23)13-32(27)46-37(30)42-44-39(46)49/h5-16,18H,17,19,40H2,1-4H3,(H,43,48)(H,44,49). The number of hydrogen-bond donors (Lipinski definition) is 3. The molecule has 0 radical (unpaired) electrons. The third-order valence-electron chi connectivity index (χ3n) is 9.71. The van der Waals surface area contributed by atoms with Gasteiger partial charge in [0.2, 0.25) is 0 Å². The van der Waals surface area contributed by atoms with Crippen LogP contribution >= 0.6 is 0 Å². The maximum absolute atomic E-state index is 13.3. The number of carbonyl (C=O) groups excluding carboxylic acids is 1. The predicted octanol–water partition coefficient (Wildman–Crippen LogP) is 5.48. The van der Waals surface area contributed by atoms with Crippen LogP contribution in [0.3, 0.4) is 0 Å². The Bertz CT molecular complexity index is 2850. The van der Waals surface area contributed by atoms with Gasteiger partial charge < -0.3 is 19.9 Å². The van der Waals surface area contributed by atoms with E-state index in [-0.39, 0.29) is 12.3 Å². The van der Waals surface area contributed by atoms with E-state index in [1.54, 1.807) is 26.4 Å². The van der Waals surface area contributed by atoms with E-state index >= 15 is 0 Å². The number of fused-ring (bicyclic) bond motifs is 6. The molecule has 13 nitrogen and oxygen atoms in total. The fraction of sp³-hybridized carbons (Fsp3) is 0.154. The van der Waals surface area contributed by atoms with Crippen LogP contribution in [-0.4, -0.2) is 49.7 Å². The second-order valence-electron chi connectivity index (χ2n) is 12.5. The average molecular weight is 696 g/mol. The minimum atomic E-state index is -0.415. The number of hydrogen-bond acceptors (Lipinski definition) is 9. The molecule has 0 amide bonds. The van der Waals surface area contributed by atoms with Crippen LogP contribution in [0.2, 0.25) is 0 Å². The minimum absolute atomic E-state index is 0.0432. The Hall–Kier alpha value is -6.73. The van der Waals surface area contributed by atoms with Gasteiger partial charge in [-0.05, 0) is 72.5 Å². The second-order valence-corrected chi connectivity index (χ2v) is 12.5. The first kappa shape index (κ1) is 32.5. The summed E-state index contributed by atoms with van der Waals surface area (Å²) in [6, 6.07) is 22.5. The van der Waals surface area contributed by atoms with Crippen molar-refractivity contribution in [3.05, 3.63) is 122 Å². The van der Waals surface area contributed by atoms with E-state index in [1.807, 2.05) is 74.5 Å². The Morgan fingerprint density at radius 1 is 0.788 bits per heavy atom. The van der Waals surface area contributed by atoms with Crippen LogP contribution in [0.4, 0.5) is 0 Å². The monoisotopic (exact) mass is 695 g/mol. The van der Waals surface area contributed by atoms with E-state index in [9.17, 15) is 14.4 Å². The molecular weight excluding hydrogens is 662 g/mol. The lowest BCUT2D eigenvalue weighted by molar-refractivity contribution is 0.111. The highest BCUT2D eigenvalue weighted by Gasteiger charge is 2.22. The van der Waals surface area contributed by atoms with E-state index in [0.717, 1.165) is 44.9 Å². The molecule has 0 unspecified atom stereocenters. The number of ether oxygens (including phenoxy) is 3. The lowest BCUT2D eigenvalue weighted by atomic mass is 9.97. The molecule has 0 spiro atoms. The van der Waals surface area contributed by atoms with Crippen molar-refractivity contribution in [1.82, 2.24) is 29.2 Å². The van der Waals surface area contributed by atoms with Gasteiger partial charge >= 0.3 is 11.4 Å². The third-order valence-corrected chi connectivity index (χ3v) is 9.71. The van der Waals surface area contributed by atoms with Gasteiger partial charge in [0.1, 0.15) is 23.9 Å². The number of rotatable bonds is 9. The quantitative estimate of drug-likeness (QED) is 0.165. The number of carbonyl (C=O) groups is 1. The first-order valence-corrected chi connectivity index (χ1v) is 16.5. The highest BCUT2D eigenvalue weighted by Crippen LogP contribution is 2.42. The fourth-order valence-electron chi connectivity index (χ4n) is 7.02. The average Bonchev–Trinajstić information content (AvgIpc) is 3.75. The van der Waals surface area contributed by atoms with Crippen molar-refractivity contribution in [2.24, 2.45) is 5.73 Å². The number of aldehydes is 1. The first-order chi connectivity index (χ1) is 25.3. The number of methoxy groups -OCH3 is 2. The molecule has 0 saturated carbocycles. The normalized spacial score (nSPS) is 11.6. The number of para-hydroxylation sites is 1. The zero-order chi connectivity index (χ0) is 36.3. The van der Waals surface area contributed by atoms with E-state index in [2.05, 4.69) is 20.4 Å². The first-order valence-electron chi connectivity index (χ1n) is 16.5. The predicted molar refractivity (Wildman–Crippen MR) is 198 cm³/mol. The highest BCUT2D eigenvalue weighted by atomic mass is 16.5. The van der Waals surface area contributed by atoms with E-state index < -0.39 is 5.69 Å². The molecule has 0 saturated heterocycles. The Morgan fingerprint density at radius 2 is 1.46 bits per heavy atom. The molecule has 0 aliphatic rings. The molecule has 0 fully saturated rings. The van der Waals surface area contributed by atoms with Crippen molar-refractivity contribution in [2.45, 2.75) is 27.0 Å². The lowest BCUT2D eigenvalue weighted by Gasteiger charge is -2.19. The number of nitrogens with two attached hydrogens (primary N) is 1. The number of aromatic amines is 2. The van der Waals surface area contributed by atoms with Crippen molar-refractivity contribution in [2.75, 3.05) is 14.2 Å². The van der Waals surface area contributed by atoms with E-state index in [4.69, 9.17) is 19.9 Å². The summed E-state index contributed by atoms with van der Waals surface area (Å²) in [5.74, 6) is 1.43. The summed E-state index contributed by atoms with van der Waals surface area (Å²) < 4.78 is 21.3. The molecule has 52 heavy (non-hydrogen) atoms. The molecule has 0 aliphatic heterocycles. The van der Waals surface area contributed by atoms with Crippen molar-refractivity contribution < 1.29 is 19.0 Å². The summed E-state index contributed by atoms with van der Waals surface area (Å²) in [7, 11) is 3.17. The smallest absolute Gasteiger partial charge is 0.348 e. The Kier molecular flexibility index (Phi) is 7.84. The topological polar surface area (TPSA) is 171 Å². The molecule has 4 aromatic heterocycles. The summed E-state index contributed by atoms with van der Waals surface area (Å²) in [4.78, 5) is 38.6. The number of aromatic nitrogens is 6. The zero-order valence-corrected chi connectivity index (χ0v) is 28.7. The number of nitrogens with one attached hydrogen (secondary N) is 2. The van der Waals surface area contributed by atoms with Gasteiger partial charge in [0.15, 0.2) is 17.6 Å². The molecular formula is C39H33N7O6. The Morgan fingerprint density at radius 3 is 2.19 bits per heavy atom. The molecule has 0 aliphatic carbocycles. The maximum atomic E-state index is 13.3. The fourth-order valence-corrected chi connectivity index (χ4v) is 7.02. The van der Waals surface area contributed by atoms with Gasteiger partial charge in [0, 0.05) is 39.6 Å². The van der Waals surface area contributed by atoms with Crippen LogP contribution in [0, 0.1) is 13.8 Å². The van der Waals surface area contributed by atoms with Gasteiger partial charge in [-0.2, -0.15) is 10.2 Å². The van der Waals surface area contributed by atoms with Gasteiger partial charge in [-0.25, -0.2) is 28.6 Å². The molecule has 4 heterocycles. The van der Waals surface area contributed by atoms with E-state index in [0.29, 0.717) is 68.4 Å². The van der Waals surface area contributed by atoms with Gasteiger partial charge in [-0.3, -0.25) is 4.79 Å². The summed E-state index contributed by atoms with van der Waals surface area (Å²) >= 11 is 0. The zero-order valence-electron chi connectivity index (χ0n) is 28.7. The highest BCUT2D eigenvalue weighted by molar-refractivity contribution is 5.96. The molecule has 0 bridgehead atoms. The van der Waals surface area contributed by atoms with Gasteiger partial charge in [0.05, 0.1) is 30.8 Å². The number of pyridine rings is 2. The van der Waals surface area contributed by atoms with Crippen molar-refractivity contribution in [3.63, 3.8) is 0 Å². The molecule has 13 heteroatoms. The van der Waals surface area contributed by atoms with Crippen LogP contribution in [0.25, 0.3) is 55.4 Å². The third kappa shape index (κ3) is 5.01. The van der Waals surface area contributed by atoms with Crippen molar-refractivity contribution >= 4 is 39.4 Å². The molecule has 8 rings (SSSR count). The van der Waals surface area contributed by atoms with Crippen LogP contribution in [-0.2, 0) is 13.2 Å². The van der Waals surface area contributed by atoms with E-state index in [1.165, 1.54) is 8.80 Å². The Balaban J connectivity index is 1.28.